The second-order valence-electron chi connectivity index (χ2n) is 7.54. The molecular formula is C25H22BN3O. The quantitative estimate of drug-likeness (QED) is 0.473. The van der Waals surface area contributed by atoms with Gasteiger partial charge in [-0.25, -0.2) is 0 Å². The van der Waals surface area contributed by atoms with Gasteiger partial charge < -0.3 is 9.55 Å². The Labute approximate surface area is 177 Å². The molecule has 0 atom stereocenters. The Morgan fingerprint density at radius 1 is 0.900 bits per heavy atom. The van der Waals surface area contributed by atoms with Crippen LogP contribution >= 0.6 is 0 Å². The van der Waals surface area contributed by atoms with E-state index in [0.29, 0.717) is 5.56 Å². The standard InChI is InChI=1S/C25H22BN3O/c1-29(2)18-20-10-14-23(15-11-20)26(22-12-8-19(17-27)9-13-22)30-24-7-3-5-21-6-4-16-28-25(21)24/h3-16H,18H2,1-2H3. The minimum atomic E-state index is -0.307. The van der Waals surface area contributed by atoms with Gasteiger partial charge in [0.25, 0.3) is 0 Å². The summed E-state index contributed by atoms with van der Waals surface area (Å²) < 4.78 is 6.54. The normalized spacial score (nSPS) is 10.7. The van der Waals surface area contributed by atoms with Crippen molar-refractivity contribution in [3.8, 4) is 11.8 Å². The van der Waals surface area contributed by atoms with Crippen LogP contribution < -0.4 is 15.6 Å². The average molecular weight is 391 g/mol. The highest BCUT2D eigenvalue weighted by Crippen LogP contribution is 2.23. The molecule has 0 unspecified atom stereocenters. The van der Waals surface area contributed by atoms with E-state index >= 15 is 0 Å². The maximum Gasteiger partial charge on any atom is 0.426 e. The van der Waals surface area contributed by atoms with Crippen molar-refractivity contribution in [2.45, 2.75) is 6.54 Å². The number of para-hydroxylation sites is 1. The Bertz CT molecular complexity index is 1180. The molecule has 0 saturated carbocycles. The van der Waals surface area contributed by atoms with E-state index in [-0.39, 0.29) is 6.92 Å². The summed E-state index contributed by atoms with van der Waals surface area (Å²) in [4.78, 5) is 6.67. The second-order valence-corrected chi connectivity index (χ2v) is 7.54. The molecule has 0 bridgehead atoms. The molecular weight excluding hydrogens is 369 g/mol. The van der Waals surface area contributed by atoms with Crippen LogP contribution in [0.4, 0.5) is 0 Å². The Kier molecular flexibility index (Phi) is 5.78. The van der Waals surface area contributed by atoms with Crippen LogP contribution in [0, 0.1) is 11.3 Å². The predicted molar refractivity (Wildman–Crippen MR) is 122 cm³/mol. The van der Waals surface area contributed by atoms with Crippen LogP contribution in [0.1, 0.15) is 11.1 Å². The smallest absolute Gasteiger partial charge is 0.426 e. The molecule has 0 aliphatic heterocycles. The fourth-order valence-electron chi connectivity index (χ4n) is 3.52. The van der Waals surface area contributed by atoms with Gasteiger partial charge in [0.15, 0.2) is 0 Å². The summed E-state index contributed by atoms with van der Waals surface area (Å²) in [6.45, 7) is 0.578. The molecule has 4 nitrogen and oxygen atoms in total. The lowest BCUT2D eigenvalue weighted by molar-refractivity contribution is 0.402. The maximum atomic E-state index is 9.15. The molecule has 3 aromatic carbocycles. The van der Waals surface area contributed by atoms with Crippen LogP contribution in [0.3, 0.4) is 0 Å². The van der Waals surface area contributed by atoms with Gasteiger partial charge in [-0.1, -0.05) is 54.6 Å². The van der Waals surface area contributed by atoms with Gasteiger partial charge in [-0.3, -0.25) is 4.98 Å². The number of fused-ring (bicyclic) bond motifs is 1. The molecule has 0 aliphatic rings. The van der Waals surface area contributed by atoms with Crippen molar-refractivity contribution >= 4 is 28.7 Å². The first-order valence-electron chi connectivity index (χ1n) is 9.88. The number of nitrogens with zero attached hydrogens (tertiary/aromatic N) is 3. The minimum absolute atomic E-state index is 0.307. The molecule has 1 aromatic heterocycles. The lowest BCUT2D eigenvalue weighted by atomic mass is 9.55. The van der Waals surface area contributed by atoms with Crippen molar-refractivity contribution < 1.29 is 4.65 Å². The molecule has 5 heteroatoms. The molecule has 0 aliphatic carbocycles. The van der Waals surface area contributed by atoms with Gasteiger partial charge in [0, 0.05) is 18.1 Å². The van der Waals surface area contributed by atoms with Gasteiger partial charge in [0.2, 0.25) is 0 Å². The molecule has 4 rings (SSSR count). The van der Waals surface area contributed by atoms with Gasteiger partial charge in [-0.05, 0) is 54.8 Å². The Morgan fingerprint density at radius 2 is 1.57 bits per heavy atom. The number of aromatic nitrogens is 1. The first-order chi connectivity index (χ1) is 14.6. The zero-order valence-electron chi connectivity index (χ0n) is 17.1. The number of benzene rings is 3. The van der Waals surface area contributed by atoms with Crippen molar-refractivity contribution in [1.29, 1.82) is 5.26 Å². The van der Waals surface area contributed by atoms with Crippen LogP contribution in [0.2, 0.25) is 0 Å². The van der Waals surface area contributed by atoms with E-state index in [1.165, 1.54) is 5.56 Å². The molecule has 0 radical (unpaired) electrons. The first kappa shape index (κ1) is 19.7. The van der Waals surface area contributed by atoms with Gasteiger partial charge in [0.1, 0.15) is 11.3 Å². The molecule has 1 heterocycles. The van der Waals surface area contributed by atoms with Gasteiger partial charge in [0.05, 0.1) is 11.6 Å². The molecule has 0 amide bonds. The van der Waals surface area contributed by atoms with E-state index in [9.17, 15) is 0 Å². The fourth-order valence-corrected chi connectivity index (χ4v) is 3.52. The number of rotatable bonds is 6. The summed E-state index contributed by atoms with van der Waals surface area (Å²) in [5.41, 5.74) is 4.75. The number of nitriles is 1. The van der Waals surface area contributed by atoms with Crippen LogP contribution in [0.5, 0.6) is 5.75 Å². The SMILES string of the molecule is CN(C)Cc1ccc(B(Oc2cccc3cccnc23)c2ccc(C#N)cc2)cc1. The summed E-state index contributed by atoms with van der Waals surface area (Å²) in [5.74, 6) is 0.736. The van der Waals surface area contributed by atoms with Crippen LogP contribution in [0.25, 0.3) is 10.9 Å². The third-order valence-electron chi connectivity index (χ3n) is 4.96. The fraction of sp³-hybridized carbons (Fsp3) is 0.120. The van der Waals surface area contributed by atoms with Gasteiger partial charge >= 0.3 is 6.92 Å². The molecule has 0 N–H and O–H groups in total. The van der Waals surface area contributed by atoms with E-state index in [2.05, 4.69) is 54.3 Å². The Balaban J connectivity index is 1.74. The molecule has 146 valence electrons. The predicted octanol–water partition coefficient (Wildman–Crippen LogP) is 3.35. The van der Waals surface area contributed by atoms with E-state index in [0.717, 1.165) is 34.1 Å². The second kappa shape index (κ2) is 8.81. The summed E-state index contributed by atoms with van der Waals surface area (Å²) in [7, 11) is 4.12. The lowest BCUT2D eigenvalue weighted by Crippen LogP contribution is -2.47. The zero-order valence-corrected chi connectivity index (χ0v) is 17.1. The van der Waals surface area contributed by atoms with Crippen molar-refractivity contribution in [3.63, 3.8) is 0 Å². The number of hydrogen-bond acceptors (Lipinski definition) is 4. The van der Waals surface area contributed by atoms with Gasteiger partial charge in [-0.2, -0.15) is 5.26 Å². The van der Waals surface area contributed by atoms with E-state index in [1.54, 1.807) is 6.20 Å². The third kappa shape index (κ3) is 4.35. The summed E-state index contributed by atoms with van der Waals surface area (Å²) in [5, 5.41) is 10.2. The molecule has 0 spiro atoms. The van der Waals surface area contributed by atoms with Crippen LogP contribution in [-0.4, -0.2) is 30.9 Å². The number of hydrogen-bond donors (Lipinski definition) is 0. The monoisotopic (exact) mass is 391 g/mol. The Morgan fingerprint density at radius 3 is 2.23 bits per heavy atom. The summed E-state index contributed by atoms with van der Waals surface area (Å²) in [6, 6.07) is 28.1. The minimum Gasteiger partial charge on any atom is -0.550 e. The number of pyridine rings is 1. The van der Waals surface area contributed by atoms with E-state index < -0.39 is 0 Å². The zero-order chi connectivity index (χ0) is 20.9. The first-order valence-corrected chi connectivity index (χ1v) is 9.88. The topological polar surface area (TPSA) is 49.1 Å². The average Bonchev–Trinajstić information content (AvgIpc) is 2.78. The lowest BCUT2D eigenvalue weighted by Gasteiger charge is -2.18. The maximum absolute atomic E-state index is 9.15. The highest BCUT2D eigenvalue weighted by molar-refractivity contribution is 6.80. The summed E-state index contributed by atoms with van der Waals surface area (Å²) in [6.07, 6.45) is 1.78. The largest absolute Gasteiger partial charge is 0.550 e. The summed E-state index contributed by atoms with van der Waals surface area (Å²) >= 11 is 0. The molecule has 30 heavy (non-hydrogen) atoms. The third-order valence-corrected chi connectivity index (χ3v) is 4.96. The molecule has 0 fully saturated rings. The van der Waals surface area contributed by atoms with Crippen molar-refractivity contribution in [2.24, 2.45) is 0 Å². The van der Waals surface area contributed by atoms with Crippen molar-refractivity contribution in [2.75, 3.05) is 14.1 Å². The van der Waals surface area contributed by atoms with Crippen LogP contribution in [0.15, 0.2) is 85.1 Å². The van der Waals surface area contributed by atoms with E-state index in [1.807, 2.05) is 54.6 Å². The van der Waals surface area contributed by atoms with Crippen molar-refractivity contribution in [3.05, 3.63) is 96.2 Å². The Hall–Kier alpha value is -3.62. The molecule has 0 saturated heterocycles. The highest BCUT2D eigenvalue weighted by atomic mass is 16.4. The van der Waals surface area contributed by atoms with Crippen molar-refractivity contribution in [1.82, 2.24) is 9.88 Å². The van der Waals surface area contributed by atoms with E-state index in [4.69, 9.17) is 9.92 Å². The highest BCUT2D eigenvalue weighted by Gasteiger charge is 2.24. The van der Waals surface area contributed by atoms with Gasteiger partial charge in [-0.15, -0.1) is 0 Å². The van der Waals surface area contributed by atoms with Crippen LogP contribution in [-0.2, 0) is 6.54 Å². The molecule has 4 aromatic rings.